The van der Waals surface area contributed by atoms with Crippen LogP contribution in [0.1, 0.15) is 24.7 Å². The molecule has 96 valence electrons. The molecule has 1 rings (SSSR count). The minimum Gasteiger partial charge on any atom is -0.397 e. The fourth-order valence-corrected chi connectivity index (χ4v) is 1.51. The van der Waals surface area contributed by atoms with Crippen molar-refractivity contribution in [1.82, 2.24) is 4.98 Å². The van der Waals surface area contributed by atoms with Crippen molar-refractivity contribution in [3.63, 3.8) is 0 Å². The second-order valence-electron chi connectivity index (χ2n) is 3.56. The fourth-order valence-electron chi connectivity index (χ4n) is 1.51. The monoisotopic (exact) mass is 246 g/mol. The van der Waals surface area contributed by atoms with Gasteiger partial charge < -0.3 is 10.6 Å². The van der Waals surface area contributed by atoms with Gasteiger partial charge in [-0.2, -0.15) is 0 Å². The molecule has 1 aromatic heterocycles. The zero-order chi connectivity index (χ0) is 13.4. The molecule has 5 nitrogen and oxygen atoms in total. The predicted molar refractivity (Wildman–Crippen MR) is 73.6 cm³/mol. The summed E-state index contributed by atoms with van der Waals surface area (Å²) in [5, 5.41) is 3.33. The molecule has 0 saturated heterocycles. The molecule has 0 unspecified atom stereocenters. The molecule has 5 heteroatoms. The topological polar surface area (TPSA) is 72.9 Å². The average molecular weight is 246 g/mol. The van der Waals surface area contributed by atoms with Gasteiger partial charge in [-0.25, -0.2) is 4.98 Å². The summed E-state index contributed by atoms with van der Waals surface area (Å²) in [4.78, 5) is 13.5. The highest BCUT2D eigenvalue weighted by Crippen LogP contribution is 2.07. The maximum absolute atomic E-state index is 5.95. The van der Waals surface area contributed by atoms with E-state index >= 15 is 0 Å². The summed E-state index contributed by atoms with van der Waals surface area (Å²) in [5.74, 6) is 0. The van der Waals surface area contributed by atoms with Crippen molar-refractivity contribution in [1.29, 1.82) is 0 Å². The first-order valence-corrected chi connectivity index (χ1v) is 5.70. The Hall–Kier alpha value is -2.17. The van der Waals surface area contributed by atoms with Crippen LogP contribution in [-0.2, 0) is 11.4 Å². The average Bonchev–Trinajstić information content (AvgIpc) is 2.38. The molecular weight excluding hydrogens is 228 g/mol. The van der Waals surface area contributed by atoms with E-state index in [2.05, 4.69) is 21.8 Å². The van der Waals surface area contributed by atoms with Gasteiger partial charge in [0.25, 0.3) is 0 Å². The van der Waals surface area contributed by atoms with E-state index < -0.39 is 0 Å². The molecule has 0 radical (unpaired) electrons. The van der Waals surface area contributed by atoms with Crippen molar-refractivity contribution < 1.29 is 4.84 Å². The number of allylic oxidation sites excluding steroid dienone is 2. The van der Waals surface area contributed by atoms with Gasteiger partial charge in [0.15, 0.2) is 6.61 Å². The molecule has 1 heterocycles. The van der Waals surface area contributed by atoms with E-state index in [9.17, 15) is 0 Å². The first-order chi connectivity index (χ1) is 8.72. The maximum atomic E-state index is 5.95. The molecule has 0 spiro atoms. The molecule has 0 atom stereocenters. The van der Waals surface area contributed by atoms with Gasteiger partial charge in [0, 0.05) is 13.8 Å². The van der Waals surface area contributed by atoms with E-state index in [0.29, 0.717) is 11.4 Å². The molecule has 0 aliphatic carbocycles. The van der Waals surface area contributed by atoms with Crippen LogP contribution in [0.5, 0.6) is 0 Å². The molecule has 0 bridgehead atoms. The Morgan fingerprint density at radius 1 is 1.56 bits per heavy atom. The Morgan fingerprint density at radius 2 is 2.33 bits per heavy atom. The summed E-state index contributed by atoms with van der Waals surface area (Å²) in [7, 11) is 1.70. The zero-order valence-electron chi connectivity index (χ0n) is 10.8. The molecule has 0 aliphatic rings. The molecule has 0 aromatic carbocycles. The summed E-state index contributed by atoms with van der Waals surface area (Å²) in [5.41, 5.74) is 8.75. The maximum Gasteiger partial charge on any atom is 0.159 e. The molecule has 18 heavy (non-hydrogen) atoms. The Balaban J connectivity index is 3.00. The van der Waals surface area contributed by atoms with Gasteiger partial charge in [-0.15, -0.1) is 5.16 Å². The molecule has 0 aliphatic heterocycles. The lowest BCUT2D eigenvalue weighted by Gasteiger charge is -2.07. The number of hydrogen-bond donors (Lipinski definition) is 1. The Morgan fingerprint density at radius 3 is 2.94 bits per heavy atom. The Kier molecular flexibility index (Phi) is 5.57. The summed E-state index contributed by atoms with van der Waals surface area (Å²) >= 11 is 0. The first-order valence-electron chi connectivity index (χ1n) is 5.70. The van der Waals surface area contributed by atoms with Gasteiger partial charge in [-0.05, 0) is 18.6 Å². The van der Waals surface area contributed by atoms with E-state index in [-0.39, 0.29) is 6.61 Å². The number of oxime groups is 1. The summed E-state index contributed by atoms with van der Waals surface area (Å²) in [6.07, 6.45) is 2.77. The second-order valence-corrected chi connectivity index (χ2v) is 3.56. The second kappa shape index (κ2) is 7.21. The van der Waals surface area contributed by atoms with E-state index in [1.54, 1.807) is 7.05 Å². The van der Waals surface area contributed by atoms with Crippen LogP contribution in [0.2, 0.25) is 0 Å². The van der Waals surface area contributed by atoms with Crippen LogP contribution in [0.3, 0.4) is 0 Å². The minimum absolute atomic E-state index is 0.283. The van der Waals surface area contributed by atoms with Gasteiger partial charge in [0.05, 0.1) is 17.1 Å². The largest absolute Gasteiger partial charge is 0.397 e. The molecule has 2 N–H and O–H groups in total. The minimum atomic E-state index is 0.283. The number of aliphatic imine (C=N–C) groups is 1. The third-order valence-corrected chi connectivity index (χ3v) is 2.27. The SMILES string of the molecule is C=NOCc1cccc(C(=NC)/C(N)=C\CC)n1. The van der Waals surface area contributed by atoms with Crippen molar-refractivity contribution in [3.8, 4) is 0 Å². The normalized spacial score (nSPS) is 12.3. The quantitative estimate of drug-likeness (QED) is 0.615. The summed E-state index contributed by atoms with van der Waals surface area (Å²) < 4.78 is 0. The lowest BCUT2D eigenvalue weighted by atomic mass is 10.1. The van der Waals surface area contributed by atoms with Gasteiger partial charge in [0.2, 0.25) is 0 Å². The third-order valence-electron chi connectivity index (χ3n) is 2.27. The van der Waals surface area contributed by atoms with Crippen LogP contribution in [0.15, 0.2) is 40.1 Å². The van der Waals surface area contributed by atoms with Gasteiger partial charge in [-0.1, -0.05) is 19.1 Å². The van der Waals surface area contributed by atoms with Crippen molar-refractivity contribution in [2.24, 2.45) is 15.9 Å². The van der Waals surface area contributed by atoms with Crippen LogP contribution in [0.25, 0.3) is 0 Å². The lowest BCUT2D eigenvalue weighted by Crippen LogP contribution is -2.15. The first kappa shape index (κ1) is 13.9. The highest BCUT2D eigenvalue weighted by molar-refractivity contribution is 6.10. The number of pyridine rings is 1. The van der Waals surface area contributed by atoms with Crippen molar-refractivity contribution in [3.05, 3.63) is 41.4 Å². The van der Waals surface area contributed by atoms with Crippen LogP contribution in [0.4, 0.5) is 0 Å². The molecular formula is C13H18N4O. The number of hydrogen-bond acceptors (Lipinski definition) is 5. The van der Waals surface area contributed by atoms with E-state index in [1.165, 1.54) is 0 Å². The van der Waals surface area contributed by atoms with Crippen molar-refractivity contribution in [2.45, 2.75) is 20.0 Å². The van der Waals surface area contributed by atoms with Crippen LogP contribution in [0, 0.1) is 0 Å². The van der Waals surface area contributed by atoms with Gasteiger partial charge >= 0.3 is 0 Å². The van der Waals surface area contributed by atoms with Crippen molar-refractivity contribution in [2.75, 3.05) is 7.05 Å². The number of nitrogens with two attached hydrogens (primary N) is 1. The Labute approximate surface area is 107 Å². The fraction of sp³-hybridized carbons (Fsp3) is 0.308. The number of aromatic nitrogens is 1. The van der Waals surface area contributed by atoms with Gasteiger partial charge in [-0.3, -0.25) is 4.99 Å². The van der Waals surface area contributed by atoms with Crippen molar-refractivity contribution >= 4 is 12.4 Å². The number of rotatable bonds is 6. The lowest BCUT2D eigenvalue weighted by molar-refractivity contribution is 0.130. The van der Waals surface area contributed by atoms with E-state index in [1.807, 2.05) is 31.2 Å². The predicted octanol–water partition coefficient (Wildman–Crippen LogP) is 1.89. The number of nitrogens with zero attached hydrogens (tertiary/aromatic N) is 3. The van der Waals surface area contributed by atoms with E-state index in [4.69, 9.17) is 10.6 Å². The van der Waals surface area contributed by atoms with E-state index in [0.717, 1.165) is 17.8 Å². The van der Waals surface area contributed by atoms with Crippen LogP contribution >= 0.6 is 0 Å². The van der Waals surface area contributed by atoms with Crippen LogP contribution in [-0.4, -0.2) is 24.5 Å². The molecule has 1 aromatic rings. The molecule has 0 fully saturated rings. The third kappa shape index (κ3) is 3.69. The highest BCUT2D eigenvalue weighted by Gasteiger charge is 2.08. The standard InChI is InChI=1S/C13H18N4O/c1-4-6-11(14)13(15-2)12-8-5-7-10(17-12)9-18-16-3/h5-8H,3-4,9,14H2,1-2H3/b11-6+,15-13?. The van der Waals surface area contributed by atoms with Gasteiger partial charge in [0.1, 0.15) is 5.71 Å². The Bertz CT molecular complexity index is 466. The summed E-state index contributed by atoms with van der Waals surface area (Å²) in [6.45, 7) is 5.55. The summed E-state index contributed by atoms with van der Waals surface area (Å²) in [6, 6.07) is 5.60. The highest BCUT2D eigenvalue weighted by atomic mass is 16.6. The smallest absolute Gasteiger partial charge is 0.159 e. The zero-order valence-corrected chi connectivity index (χ0v) is 10.8. The van der Waals surface area contributed by atoms with Crippen LogP contribution < -0.4 is 5.73 Å². The molecule has 0 saturated carbocycles. The molecule has 0 amide bonds.